The fraction of sp³-hybridized carbons (Fsp3) is 0.789. The van der Waals surface area contributed by atoms with Gasteiger partial charge in [-0.1, -0.05) is 0 Å². The summed E-state index contributed by atoms with van der Waals surface area (Å²) in [7, 11) is 0. The third kappa shape index (κ3) is 3.83. The van der Waals surface area contributed by atoms with Gasteiger partial charge in [0.2, 0.25) is 0 Å². The number of ether oxygens (including phenoxy) is 2. The van der Waals surface area contributed by atoms with Crippen molar-refractivity contribution in [3.8, 4) is 0 Å². The second-order valence-corrected chi connectivity index (χ2v) is 7.60. The van der Waals surface area contributed by atoms with E-state index in [1.165, 1.54) is 4.68 Å². The van der Waals surface area contributed by atoms with Gasteiger partial charge in [0.25, 0.3) is 5.92 Å². The van der Waals surface area contributed by atoms with Crippen molar-refractivity contribution in [2.45, 2.75) is 64.3 Å². The molecular formula is C19H28F2N2O3. The Morgan fingerprint density at radius 3 is 2.35 bits per heavy atom. The minimum absolute atomic E-state index is 0.0237. The monoisotopic (exact) mass is 370 g/mol. The third-order valence-electron chi connectivity index (χ3n) is 5.72. The number of hydrogen-bond acceptors (Lipinski definition) is 4. The van der Waals surface area contributed by atoms with Gasteiger partial charge in [0, 0.05) is 29.9 Å². The zero-order valence-electron chi connectivity index (χ0n) is 15.6. The molecule has 5 nitrogen and oxygen atoms in total. The zero-order valence-corrected chi connectivity index (χ0v) is 15.6. The van der Waals surface area contributed by atoms with E-state index in [0.29, 0.717) is 44.1 Å². The number of rotatable bonds is 8. The van der Waals surface area contributed by atoms with Crippen LogP contribution in [0.25, 0.3) is 0 Å². The number of carbonyl (C=O) groups is 1. The van der Waals surface area contributed by atoms with Crippen molar-refractivity contribution in [1.82, 2.24) is 9.78 Å². The zero-order chi connectivity index (χ0) is 18.8. The molecule has 2 aliphatic rings. The molecule has 0 saturated heterocycles. The van der Waals surface area contributed by atoms with Crippen molar-refractivity contribution in [2.75, 3.05) is 26.4 Å². The lowest BCUT2D eigenvalue weighted by molar-refractivity contribution is -0.0396. The molecule has 0 atom stereocenters. The van der Waals surface area contributed by atoms with Crippen LogP contribution in [-0.4, -0.2) is 48.4 Å². The summed E-state index contributed by atoms with van der Waals surface area (Å²) in [5.41, 5.74) is 1.61. The predicted molar refractivity (Wildman–Crippen MR) is 92.9 cm³/mol. The van der Waals surface area contributed by atoms with Crippen LogP contribution in [0.5, 0.6) is 0 Å². The summed E-state index contributed by atoms with van der Waals surface area (Å²) in [6.07, 6.45) is 3.87. The molecule has 1 aliphatic heterocycles. The van der Waals surface area contributed by atoms with E-state index in [1.54, 1.807) is 0 Å². The first-order chi connectivity index (χ1) is 12.4. The molecule has 3 rings (SSSR count). The molecule has 0 radical (unpaired) electrons. The molecule has 2 heterocycles. The molecule has 0 N–H and O–H groups in total. The molecular weight excluding hydrogens is 342 g/mol. The highest BCUT2D eigenvalue weighted by Gasteiger charge is 2.44. The maximum Gasteiger partial charge on any atom is 0.272 e. The highest BCUT2D eigenvalue weighted by Crippen LogP contribution is 2.46. The van der Waals surface area contributed by atoms with Crippen LogP contribution in [0.3, 0.4) is 0 Å². The van der Waals surface area contributed by atoms with Gasteiger partial charge in [0.1, 0.15) is 12.2 Å². The molecule has 1 saturated carbocycles. The average Bonchev–Trinajstić information content (AvgIpc) is 3.10. The maximum atomic E-state index is 13.8. The van der Waals surface area contributed by atoms with Crippen LogP contribution in [0.1, 0.15) is 67.2 Å². The SMILES string of the molecule is CCOCC1(COCC)CCC(c2c(C=O)nn3c2CC(F)(F)C3)CC1. The Hall–Kier alpha value is -1.34. The van der Waals surface area contributed by atoms with Gasteiger partial charge in [-0.15, -0.1) is 0 Å². The van der Waals surface area contributed by atoms with Gasteiger partial charge in [-0.25, -0.2) is 8.78 Å². The smallest absolute Gasteiger partial charge is 0.272 e. The van der Waals surface area contributed by atoms with Crippen molar-refractivity contribution >= 4 is 6.29 Å². The van der Waals surface area contributed by atoms with E-state index < -0.39 is 12.5 Å². The number of aromatic nitrogens is 2. The van der Waals surface area contributed by atoms with Crippen LogP contribution >= 0.6 is 0 Å². The molecule has 1 aliphatic carbocycles. The Balaban J connectivity index is 1.76. The lowest BCUT2D eigenvalue weighted by Gasteiger charge is -2.40. The Kier molecular flexibility index (Phi) is 5.77. The fourth-order valence-electron chi connectivity index (χ4n) is 4.39. The summed E-state index contributed by atoms with van der Waals surface area (Å²) in [5, 5.41) is 4.13. The summed E-state index contributed by atoms with van der Waals surface area (Å²) in [6.45, 7) is 6.17. The topological polar surface area (TPSA) is 53.4 Å². The predicted octanol–water partition coefficient (Wildman–Crippen LogP) is 3.60. The normalized spacial score (nSPS) is 21.7. The van der Waals surface area contributed by atoms with Gasteiger partial charge in [-0.2, -0.15) is 5.10 Å². The molecule has 0 bridgehead atoms. The molecule has 1 aromatic rings. The third-order valence-corrected chi connectivity index (χ3v) is 5.72. The molecule has 0 amide bonds. The van der Waals surface area contributed by atoms with Crippen molar-refractivity contribution in [3.63, 3.8) is 0 Å². The number of aldehydes is 1. The van der Waals surface area contributed by atoms with Crippen LogP contribution in [0, 0.1) is 5.41 Å². The first-order valence-corrected chi connectivity index (χ1v) is 9.51. The quantitative estimate of drug-likeness (QED) is 0.656. The minimum Gasteiger partial charge on any atom is -0.381 e. The second-order valence-electron chi connectivity index (χ2n) is 7.60. The van der Waals surface area contributed by atoms with Crippen LogP contribution in [-0.2, 0) is 22.4 Å². The molecule has 146 valence electrons. The Morgan fingerprint density at radius 1 is 1.19 bits per heavy atom. The van der Waals surface area contributed by atoms with Gasteiger partial charge < -0.3 is 9.47 Å². The highest BCUT2D eigenvalue weighted by molar-refractivity contribution is 5.75. The van der Waals surface area contributed by atoms with Crippen LogP contribution in [0.15, 0.2) is 0 Å². The summed E-state index contributed by atoms with van der Waals surface area (Å²) >= 11 is 0. The van der Waals surface area contributed by atoms with Crippen molar-refractivity contribution in [3.05, 3.63) is 17.0 Å². The second kappa shape index (κ2) is 7.72. The number of halogens is 2. The van der Waals surface area contributed by atoms with Crippen molar-refractivity contribution in [2.24, 2.45) is 5.41 Å². The van der Waals surface area contributed by atoms with E-state index in [0.717, 1.165) is 31.2 Å². The van der Waals surface area contributed by atoms with Gasteiger partial charge >= 0.3 is 0 Å². The largest absolute Gasteiger partial charge is 0.381 e. The molecule has 0 spiro atoms. The Morgan fingerprint density at radius 2 is 1.81 bits per heavy atom. The lowest BCUT2D eigenvalue weighted by Crippen LogP contribution is -2.36. The van der Waals surface area contributed by atoms with E-state index in [-0.39, 0.29) is 17.8 Å². The number of alkyl halides is 2. The summed E-state index contributed by atoms with van der Waals surface area (Å²) < 4.78 is 40.3. The van der Waals surface area contributed by atoms with Crippen molar-refractivity contribution in [1.29, 1.82) is 0 Å². The van der Waals surface area contributed by atoms with Gasteiger partial charge in [0.05, 0.1) is 19.6 Å². The van der Waals surface area contributed by atoms with Gasteiger partial charge in [0.15, 0.2) is 6.29 Å². The molecule has 1 aromatic heterocycles. The van der Waals surface area contributed by atoms with Crippen LogP contribution in [0.2, 0.25) is 0 Å². The van der Waals surface area contributed by atoms with Gasteiger partial charge in [-0.3, -0.25) is 9.48 Å². The average molecular weight is 370 g/mol. The van der Waals surface area contributed by atoms with E-state index in [4.69, 9.17) is 9.47 Å². The maximum absolute atomic E-state index is 13.8. The molecule has 0 unspecified atom stereocenters. The van der Waals surface area contributed by atoms with Gasteiger partial charge in [-0.05, 0) is 45.4 Å². The Labute approximate surface area is 153 Å². The fourth-order valence-corrected chi connectivity index (χ4v) is 4.39. The first kappa shape index (κ1) is 19.4. The summed E-state index contributed by atoms with van der Waals surface area (Å²) in [4.78, 5) is 11.4. The minimum atomic E-state index is -2.76. The number of fused-ring (bicyclic) bond motifs is 1. The van der Waals surface area contributed by atoms with E-state index in [2.05, 4.69) is 5.10 Å². The first-order valence-electron chi connectivity index (χ1n) is 9.51. The number of carbonyl (C=O) groups excluding carboxylic acids is 1. The highest BCUT2D eigenvalue weighted by atomic mass is 19.3. The van der Waals surface area contributed by atoms with Crippen LogP contribution in [0.4, 0.5) is 8.78 Å². The molecule has 7 heteroatoms. The Bertz CT molecular complexity index is 627. The summed E-state index contributed by atoms with van der Waals surface area (Å²) in [5.74, 6) is -2.66. The standard InChI is InChI=1S/C19H28F2N2O3/c1-3-25-12-18(13-26-4-2)7-5-14(6-8-18)17-15(10-24)22-23-11-19(20,21)9-16(17)23/h10,14H,3-9,11-13H2,1-2H3. The summed E-state index contributed by atoms with van der Waals surface area (Å²) in [6, 6.07) is 0. The molecule has 26 heavy (non-hydrogen) atoms. The van der Waals surface area contributed by atoms with E-state index in [9.17, 15) is 13.6 Å². The van der Waals surface area contributed by atoms with Crippen LogP contribution < -0.4 is 0 Å². The molecule has 0 aromatic carbocycles. The van der Waals surface area contributed by atoms with E-state index in [1.807, 2.05) is 13.8 Å². The number of hydrogen-bond donors (Lipinski definition) is 0. The molecule has 1 fully saturated rings. The van der Waals surface area contributed by atoms with Crippen molar-refractivity contribution < 1.29 is 23.0 Å². The number of nitrogens with zero attached hydrogens (tertiary/aromatic N) is 2. The lowest BCUT2D eigenvalue weighted by atomic mass is 9.69. The van der Waals surface area contributed by atoms with E-state index >= 15 is 0 Å².